The van der Waals surface area contributed by atoms with Crippen LogP contribution in [0, 0.1) is 11.8 Å². The Hall–Kier alpha value is -3.32. The molecule has 2 saturated heterocycles. The number of hydrogen-bond acceptors (Lipinski definition) is 5. The fourth-order valence-corrected chi connectivity index (χ4v) is 5.73. The Labute approximate surface area is 205 Å². The number of ether oxygens (including phenoxy) is 1. The highest BCUT2D eigenvalue weighted by molar-refractivity contribution is 5.93. The van der Waals surface area contributed by atoms with E-state index in [1.54, 1.807) is 13.2 Å². The molecule has 3 heterocycles. The highest BCUT2D eigenvalue weighted by atomic mass is 16.5. The first-order valence-electron chi connectivity index (χ1n) is 12.5. The summed E-state index contributed by atoms with van der Waals surface area (Å²) in [6.45, 7) is 4.76. The maximum Gasteiger partial charge on any atom is 0.341 e. The van der Waals surface area contributed by atoms with Gasteiger partial charge >= 0.3 is 5.97 Å². The van der Waals surface area contributed by atoms with Crippen LogP contribution in [-0.2, 0) is 6.54 Å². The van der Waals surface area contributed by atoms with Gasteiger partial charge in [0.05, 0.1) is 12.6 Å². The molecule has 7 nitrogen and oxygen atoms in total. The summed E-state index contributed by atoms with van der Waals surface area (Å²) < 4.78 is 7.13. The van der Waals surface area contributed by atoms with Crippen molar-refractivity contribution in [2.75, 3.05) is 38.2 Å². The molecule has 2 aliphatic rings. The molecule has 0 atom stereocenters. The molecule has 0 radical (unpaired) electrons. The van der Waals surface area contributed by atoms with E-state index in [1.807, 2.05) is 34.9 Å². The number of carboxylic acid groups (broad SMARTS) is 1. The van der Waals surface area contributed by atoms with Crippen LogP contribution < -0.4 is 20.4 Å². The smallest absolute Gasteiger partial charge is 0.341 e. The minimum absolute atomic E-state index is 0.207. The highest BCUT2D eigenvalue weighted by Gasteiger charge is 2.28. The van der Waals surface area contributed by atoms with E-state index >= 15 is 0 Å². The van der Waals surface area contributed by atoms with Gasteiger partial charge in [-0.3, -0.25) is 4.79 Å². The monoisotopic (exact) mass is 475 g/mol. The molecular weight excluding hydrogens is 442 g/mol. The number of hydrogen-bond donors (Lipinski definition) is 2. The molecule has 184 valence electrons. The standard InChI is InChI=1S/C28H33N3O4/c1-35-23-5-2-19(3-6-23)17-31-18-25(28(33)34)27(32)24-7-4-22(16-26(24)31)30-14-10-21(11-15-30)20-8-12-29-13-9-20/h2-7,16,18,20-21,29H,8-15,17H2,1H3,(H,33,34). The van der Waals surface area contributed by atoms with Gasteiger partial charge < -0.3 is 24.6 Å². The van der Waals surface area contributed by atoms with Crippen molar-refractivity contribution >= 4 is 22.6 Å². The molecule has 0 unspecified atom stereocenters. The van der Waals surface area contributed by atoms with Crippen molar-refractivity contribution in [3.8, 4) is 5.75 Å². The van der Waals surface area contributed by atoms with E-state index in [1.165, 1.54) is 31.9 Å². The first-order valence-corrected chi connectivity index (χ1v) is 12.5. The number of rotatable bonds is 6. The van der Waals surface area contributed by atoms with Gasteiger partial charge in [-0.05, 0) is 86.5 Å². The predicted octanol–water partition coefficient (Wildman–Crippen LogP) is 3.97. The van der Waals surface area contributed by atoms with E-state index < -0.39 is 11.4 Å². The minimum atomic E-state index is -1.20. The van der Waals surface area contributed by atoms with E-state index in [0.29, 0.717) is 11.9 Å². The number of aromatic nitrogens is 1. The van der Waals surface area contributed by atoms with Gasteiger partial charge in [-0.1, -0.05) is 12.1 Å². The number of pyridine rings is 1. The van der Waals surface area contributed by atoms with Crippen LogP contribution in [0.3, 0.4) is 0 Å². The Bertz CT molecular complexity index is 1250. The molecule has 0 bridgehead atoms. The molecule has 2 aromatic carbocycles. The van der Waals surface area contributed by atoms with E-state index in [-0.39, 0.29) is 5.56 Å². The van der Waals surface area contributed by atoms with Crippen LogP contribution in [0.2, 0.25) is 0 Å². The van der Waals surface area contributed by atoms with Gasteiger partial charge in [0, 0.05) is 36.9 Å². The fraction of sp³-hybridized carbons (Fsp3) is 0.429. The normalized spacial score (nSPS) is 17.6. The third kappa shape index (κ3) is 4.91. The summed E-state index contributed by atoms with van der Waals surface area (Å²) in [5.41, 5.74) is 2.21. The largest absolute Gasteiger partial charge is 0.497 e. The van der Waals surface area contributed by atoms with Crippen molar-refractivity contribution in [3.63, 3.8) is 0 Å². The van der Waals surface area contributed by atoms with Crippen LogP contribution in [-0.4, -0.2) is 48.9 Å². The second-order valence-electron chi connectivity index (χ2n) is 9.77. The SMILES string of the molecule is COc1ccc(Cn2cc(C(=O)O)c(=O)c3ccc(N4CCC(C5CCNCC5)CC4)cc32)cc1. The lowest BCUT2D eigenvalue weighted by Crippen LogP contribution is -2.39. The molecule has 0 saturated carbocycles. The number of aromatic carboxylic acids is 1. The summed E-state index contributed by atoms with van der Waals surface area (Å²) in [7, 11) is 1.63. The zero-order chi connectivity index (χ0) is 24.4. The number of methoxy groups -OCH3 is 1. The average molecular weight is 476 g/mol. The zero-order valence-electron chi connectivity index (χ0n) is 20.2. The molecule has 0 aliphatic carbocycles. The van der Waals surface area contributed by atoms with E-state index in [4.69, 9.17) is 4.74 Å². The quantitative estimate of drug-likeness (QED) is 0.561. The number of fused-ring (bicyclic) bond motifs is 1. The molecule has 5 rings (SSSR count). The third-order valence-electron chi connectivity index (χ3n) is 7.76. The van der Waals surface area contributed by atoms with Crippen LogP contribution in [0.5, 0.6) is 5.75 Å². The molecule has 0 spiro atoms. The number of benzene rings is 2. The van der Waals surface area contributed by atoms with Crippen LogP contribution in [0.1, 0.15) is 41.6 Å². The maximum atomic E-state index is 12.9. The second kappa shape index (κ2) is 10.1. The first kappa shape index (κ1) is 23.4. The predicted molar refractivity (Wildman–Crippen MR) is 138 cm³/mol. The Balaban J connectivity index is 1.44. The lowest BCUT2D eigenvalue weighted by atomic mass is 9.79. The van der Waals surface area contributed by atoms with E-state index in [2.05, 4.69) is 16.3 Å². The Morgan fingerprint density at radius 1 is 1.03 bits per heavy atom. The summed E-state index contributed by atoms with van der Waals surface area (Å²) in [6, 6.07) is 13.5. The van der Waals surface area contributed by atoms with Gasteiger partial charge in [-0.15, -0.1) is 0 Å². The summed E-state index contributed by atoms with van der Waals surface area (Å²) >= 11 is 0. The molecule has 35 heavy (non-hydrogen) atoms. The number of nitrogens with one attached hydrogen (secondary N) is 1. The van der Waals surface area contributed by atoms with E-state index in [9.17, 15) is 14.7 Å². The Morgan fingerprint density at radius 3 is 2.37 bits per heavy atom. The Morgan fingerprint density at radius 2 is 1.71 bits per heavy atom. The summed E-state index contributed by atoms with van der Waals surface area (Å²) in [4.78, 5) is 27.1. The van der Waals surface area contributed by atoms with Crippen molar-refractivity contribution in [2.24, 2.45) is 11.8 Å². The number of piperidine rings is 2. The van der Waals surface area contributed by atoms with Crippen molar-refractivity contribution in [1.29, 1.82) is 0 Å². The molecule has 3 aromatic rings. The maximum absolute atomic E-state index is 12.9. The molecule has 0 amide bonds. The second-order valence-corrected chi connectivity index (χ2v) is 9.77. The summed E-state index contributed by atoms with van der Waals surface area (Å²) in [5.74, 6) is 1.18. The highest BCUT2D eigenvalue weighted by Crippen LogP contribution is 2.33. The van der Waals surface area contributed by atoms with Crippen LogP contribution in [0.25, 0.3) is 10.9 Å². The van der Waals surface area contributed by atoms with Crippen molar-refractivity contribution in [3.05, 3.63) is 70.0 Å². The van der Waals surface area contributed by atoms with Crippen LogP contribution in [0.15, 0.2) is 53.5 Å². The lowest BCUT2D eigenvalue weighted by molar-refractivity contribution is 0.0695. The molecule has 2 aliphatic heterocycles. The van der Waals surface area contributed by atoms with Gasteiger partial charge in [0.25, 0.3) is 0 Å². The average Bonchev–Trinajstić information content (AvgIpc) is 2.91. The van der Waals surface area contributed by atoms with E-state index in [0.717, 1.165) is 60.5 Å². The Kier molecular flexibility index (Phi) is 6.77. The van der Waals surface area contributed by atoms with Crippen LogP contribution in [0.4, 0.5) is 5.69 Å². The topological polar surface area (TPSA) is 83.8 Å². The molecule has 1 aromatic heterocycles. The molecule has 7 heteroatoms. The summed E-state index contributed by atoms with van der Waals surface area (Å²) in [5, 5.41) is 13.5. The number of carboxylic acids is 1. The van der Waals surface area contributed by atoms with Crippen LogP contribution >= 0.6 is 0 Å². The minimum Gasteiger partial charge on any atom is -0.497 e. The van der Waals surface area contributed by atoms with Gasteiger partial charge in [0.1, 0.15) is 11.3 Å². The molecule has 2 N–H and O–H groups in total. The van der Waals surface area contributed by atoms with Gasteiger partial charge in [0.2, 0.25) is 5.43 Å². The van der Waals surface area contributed by atoms with Crippen molar-refractivity contribution in [2.45, 2.75) is 32.2 Å². The number of nitrogens with zero attached hydrogens (tertiary/aromatic N) is 2. The van der Waals surface area contributed by atoms with Gasteiger partial charge in [-0.2, -0.15) is 0 Å². The summed E-state index contributed by atoms with van der Waals surface area (Å²) in [6.07, 6.45) is 6.43. The van der Waals surface area contributed by atoms with Gasteiger partial charge in [-0.25, -0.2) is 4.79 Å². The van der Waals surface area contributed by atoms with Gasteiger partial charge in [0.15, 0.2) is 0 Å². The third-order valence-corrected chi connectivity index (χ3v) is 7.76. The van der Waals surface area contributed by atoms with Crippen molar-refractivity contribution in [1.82, 2.24) is 9.88 Å². The number of anilines is 1. The first-order chi connectivity index (χ1) is 17.0. The zero-order valence-corrected chi connectivity index (χ0v) is 20.2. The molecule has 2 fully saturated rings. The lowest BCUT2D eigenvalue weighted by Gasteiger charge is -2.38. The fourth-order valence-electron chi connectivity index (χ4n) is 5.73. The number of carbonyl (C=O) groups is 1. The molecular formula is C28H33N3O4. The van der Waals surface area contributed by atoms with Crippen molar-refractivity contribution < 1.29 is 14.6 Å².